The normalized spacial score (nSPS) is 13.5. The van der Waals surface area contributed by atoms with Crippen molar-refractivity contribution >= 4 is 28.6 Å². The van der Waals surface area contributed by atoms with Crippen LogP contribution < -0.4 is 4.74 Å². The lowest BCUT2D eigenvalue weighted by atomic mass is 9.82. The van der Waals surface area contributed by atoms with Gasteiger partial charge in [-0.2, -0.15) is 12.6 Å². The van der Waals surface area contributed by atoms with E-state index in [1.807, 2.05) is 0 Å². The smallest absolute Gasteiger partial charge is 0.128 e. The third-order valence-electron chi connectivity index (χ3n) is 2.73. The number of hydrogen-bond donors (Lipinski definition) is 1. The van der Waals surface area contributed by atoms with Gasteiger partial charge in [-0.25, -0.2) is 4.39 Å². The fourth-order valence-corrected chi connectivity index (χ4v) is 2.48. The van der Waals surface area contributed by atoms with Crippen molar-refractivity contribution in [3.05, 3.63) is 28.5 Å². The van der Waals surface area contributed by atoms with E-state index >= 15 is 0 Å². The molecule has 96 valence electrons. The summed E-state index contributed by atoms with van der Waals surface area (Å²) in [6.45, 7) is 7.00. The summed E-state index contributed by atoms with van der Waals surface area (Å²) in [6, 6.07) is 4.57. The molecule has 1 aromatic carbocycles. The molecule has 17 heavy (non-hydrogen) atoms. The van der Waals surface area contributed by atoms with Crippen LogP contribution in [0.25, 0.3) is 0 Å². The molecule has 0 N–H and O–H groups in total. The van der Waals surface area contributed by atoms with Crippen LogP contribution in [-0.2, 0) is 0 Å². The van der Waals surface area contributed by atoms with Gasteiger partial charge in [0, 0.05) is 16.5 Å². The summed E-state index contributed by atoms with van der Waals surface area (Å²) in [7, 11) is 0. The van der Waals surface area contributed by atoms with Gasteiger partial charge in [-0.15, -0.1) is 0 Å². The Morgan fingerprint density at radius 3 is 2.47 bits per heavy atom. The molecule has 0 spiro atoms. The van der Waals surface area contributed by atoms with E-state index in [1.165, 1.54) is 12.1 Å². The molecule has 1 unspecified atom stereocenters. The molecule has 0 heterocycles. The molecule has 0 saturated carbocycles. The van der Waals surface area contributed by atoms with Crippen LogP contribution in [0.2, 0.25) is 0 Å². The highest BCUT2D eigenvalue weighted by Crippen LogP contribution is 2.28. The molecular formula is C13H18BrFOS. The fraction of sp³-hybridized carbons (Fsp3) is 0.538. The predicted octanol–water partition coefficient (Wildman–Crippen LogP) is 4.56. The van der Waals surface area contributed by atoms with Crippen molar-refractivity contribution in [1.82, 2.24) is 0 Å². The van der Waals surface area contributed by atoms with E-state index in [9.17, 15) is 4.39 Å². The predicted molar refractivity (Wildman–Crippen MR) is 76.4 cm³/mol. The molecule has 1 atom stereocenters. The molecule has 0 fully saturated rings. The average Bonchev–Trinajstić information content (AvgIpc) is 2.14. The second-order valence-electron chi connectivity index (χ2n) is 5.16. The van der Waals surface area contributed by atoms with Crippen molar-refractivity contribution < 1.29 is 9.13 Å². The number of thiol groups is 1. The lowest BCUT2D eigenvalue weighted by molar-refractivity contribution is 0.165. The van der Waals surface area contributed by atoms with Crippen LogP contribution in [0.1, 0.15) is 20.8 Å². The Morgan fingerprint density at radius 2 is 2.00 bits per heavy atom. The Hall–Kier alpha value is -0.220. The van der Waals surface area contributed by atoms with Crippen LogP contribution in [-0.4, -0.2) is 12.4 Å². The van der Waals surface area contributed by atoms with Gasteiger partial charge >= 0.3 is 0 Å². The summed E-state index contributed by atoms with van der Waals surface area (Å²) in [5, 5.41) is 0. The fourth-order valence-electron chi connectivity index (χ4n) is 1.39. The maximum absolute atomic E-state index is 13.1. The highest BCUT2D eigenvalue weighted by Gasteiger charge is 2.23. The monoisotopic (exact) mass is 320 g/mol. The maximum Gasteiger partial charge on any atom is 0.128 e. The number of rotatable bonds is 4. The number of ether oxygens (including phenoxy) is 1. The lowest BCUT2D eigenvalue weighted by Crippen LogP contribution is -2.28. The summed E-state index contributed by atoms with van der Waals surface area (Å²) in [6.07, 6.45) is 0. The third-order valence-corrected chi connectivity index (χ3v) is 3.63. The van der Waals surface area contributed by atoms with Crippen LogP contribution >= 0.6 is 28.6 Å². The summed E-state index contributed by atoms with van der Waals surface area (Å²) >= 11 is 7.57. The van der Waals surface area contributed by atoms with E-state index in [0.29, 0.717) is 22.7 Å². The van der Waals surface area contributed by atoms with Gasteiger partial charge in [0.25, 0.3) is 0 Å². The van der Waals surface area contributed by atoms with E-state index in [4.69, 9.17) is 4.74 Å². The zero-order valence-electron chi connectivity index (χ0n) is 10.3. The van der Waals surface area contributed by atoms with Crippen LogP contribution in [0.15, 0.2) is 22.7 Å². The molecule has 0 aliphatic rings. The molecule has 0 bridgehead atoms. The van der Waals surface area contributed by atoms with Gasteiger partial charge in [-0.1, -0.05) is 36.7 Å². The zero-order chi connectivity index (χ0) is 13.1. The van der Waals surface area contributed by atoms with Gasteiger partial charge in [0.2, 0.25) is 0 Å². The van der Waals surface area contributed by atoms with Gasteiger partial charge in [0.05, 0.1) is 6.61 Å². The summed E-state index contributed by atoms with van der Waals surface area (Å²) in [5.74, 6) is 1.33. The molecular weight excluding hydrogens is 303 g/mol. The van der Waals surface area contributed by atoms with E-state index in [2.05, 4.69) is 49.3 Å². The minimum absolute atomic E-state index is 0.131. The third kappa shape index (κ3) is 4.88. The molecule has 0 saturated heterocycles. The number of hydrogen-bond acceptors (Lipinski definition) is 2. The van der Waals surface area contributed by atoms with Crippen molar-refractivity contribution in [2.75, 3.05) is 12.4 Å². The Bertz CT molecular complexity index is 356. The molecule has 4 heteroatoms. The molecule has 0 aliphatic heterocycles. The quantitative estimate of drug-likeness (QED) is 0.800. The molecule has 0 radical (unpaired) electrons. The maximum atomic E-state index is 13.1. The van der Waals surface area contributed by atoms with Crippen molar-refractivity contribution in [3.8, 4) is 5.75 Å². The first kappa shape index (κ1) is 14.8. The van der Waals surface area contributed by atoms with E-state index < -0.39 is 0 Å². The standard InChI is InChI=1S/C13H18BrFOS/c1-13(2,3)9(8-17)7-16-12-5-10(14)4-11(15)6-12/h4-6,9,17H,7-8H2,1-3H3. The summed E-state index contributed by atoms with van der Waals surface area (Å²) < 4.78 is 19.5. The Kier molecular flexibility index (Phi) is 5.32. The highest BCUT2D eigenvalue weighted by molar-refractivity contribution is 9.10. The first-order valence-electron chi connectivity index (χ1n) is 5.52. The number of halogens is 2. The SMILES string of the molecule is CC(C)(C)C(CS)COc1cc(F)cc(Br)c1. The average molecular weight is 321 g/mol. The van der Waals surface area contributed by atoms with Gasteiger partial charge in [0.15, 0.2) is 0 Å². The topological polar surface area (TPSA) is 9.23 Å². The van der Waals surface area contributed by atoms with Crippen molar-refractivity contribution in [2.24, 2.45) is 11.3 Å². The van der Waals surface area contributed by atoms with Gasteiger partial charge < -0.3 is 4.74 Å². The van der Waals surface area contributed by atoms with Crippen molar-refractivity contribution in [3.63, 3.8) is 0 Å². The molecule has 0 amide bonds. The number of benzene rings is 1. The Balaban J connectivity index is 2.66. The summed E-state index contributed by atoms with van der Waals surface area (Å²) in [5.41, 5.74) is 0.131. The van der Waals surface area contributed by atoms with Crippen molar-refractivity contribution in [1.29, 1.82) is 0 Å². The second-order valence-corrected chi connectivity index (χ2v) is 6.44. The first-order valence-corrected chi connectivity index (χ1v) is 6.95. The zero-order valence-corrected chi connectivity index (χ0v) is 12.8. The van der Waals surface area contributed by atoms with Crippen LogP contribution in [0, 0.1) is 17.2 Å². The minimum Gasteiger partial charge on any atom is -0.493 e. The molecule has 1 rings (SSSR count). The molecule has 1 nitrogen and oxygen atoms in total. The Labute approximate surface area is 116 Å². The largest absolute Gasteiger partial charge is 0.493 e. The van der Waals surface area contributed by atoms with E-state index in [-0.39, 0.29) is 11.2 Å². The van der Waals surface area contributed by atoms with Crippen molar-refractivity contribution in [2.45, 2.75) is 20.8 Å². The van der Waals surface area contributed by atoms with Crippen LogP contribution in [0.5, 0.6) is 5.75 Å². The lowest BCUT2D eigenvalue weighted by Gasteiger charge is -2.29. The van der Waals surface area contributed by atoms with Gasteiger partial charge in [-0.3, -0.25) is 0 Å². The summed E-state index contributed by atoms with van der Waals surface area (Å²) in [4.78, 5) is 0. The minimum atomic E-state index is -0.299. The van der Waals surface area contributed by atoms with Gasteiger partial charge in [0.1, 0.15) is 11.6 Å². The van der Waals surface area contributed by atoms with E-state index in [1.54, 1.807) is 6.07 Å². The highest BCUT2D eigenvalue weighted by atomic mass is 79.9. The van der Waals surface area contributed by atoms with Gasteiger partial charge in [-0.05, 0) is 23.3 Å². The van der Waals surface area contributed by atoms with E-state index in [0.717, 1.165) is 5.75 Å². The first-order chi connectivity index (χ1) is 7.82. The molecule has 0 aliphatic carbocycles. The van der Waals surface area contributed by atoms with Crippen LogP contribution in [0.3, 0.4) is 0 Å². The molecule has 1 aromatic rings. The molecule has 0 aromatic heterocycles. The Morgan fingerprint density at radius 1 is 1.35 bits per heavy atom. The second kappa shape index (κ2) is 6.10. The van der Waals surface area contributed by atoms with Crippen LogP contribution in [0.4, 0.5) is 4.39 Å².